The summed E-state index contributed by atoms with van der Waals surface area (Å²) in [7, 11) is 0. The van der Waals surface area contributed by atoms with Crippen LogP contribution in [0.3, 0.4) is 0 Å². The zero-order chi connectivity index (χ0) is 22.3. The molecule has 1 heterocycles. The zero-order valence-corrected chi connectivity index (χ0v) is 19.2. The number of hydrogen-bond donors (Lipinski definition) is 1. The minimum absolute atomic E-state index is 0.00220. The van der Waals surface area contributed by atoms with Crippen LogP contribution in [0.5, 0.6) is 0 Å². The third-order valence-corrected chi connectivity index (χ3v) is 6.11. The Kier molecular flexibility index (Phi) is 7.35. The second-order valence-corrected chi connectivity index (χ2v) is 8.67. The second kappa shape index (κ2) is 10.6. The number of hydrogen-bond acceptors (Lipinski definition) is 3. The zero-order valence-electron chi connectivity index (χ0n) is 17.6. The van der Waals surface area contributed by atoms with Crippen LogP contribution < -0.4 is 5.32 Å². The van der Waals surface area contributed by atoms with E-state index >= 15 is 0 Å². The molecule has 0 aliphatic carbocycles. The molecule has 0 bridgehead atoms. The lowest BCUT2D eigenvalue weighted by Gasteiger charge is -2.34. The molecule has 1 aliphatic rings. The van der Waals surface area contributed by atoms with Gasteiger partial charge in [-0.25, -0.2) is 0 Å². The number of morpholine rings is 1. The summed E-state index contributed by atoms with van der Waals surface area (Å²) in [6, 6.07) is 26.3. The summed E-state index contributed by atoms with van der Waals surface area (Å²) in [6.45, 7) is 1.52. The molecule has 1 fully saturated rings. The summed E-state index contributed by atoms with van der Waals surface area (Å²) in [5.41, 5.74) is 2.52. The Bertz CT molecular complexity index is 1040. The van der Waals surface area contributed by atoms with Crippen molar-refractivity contribution in [1.82, 2.24) is 10.2 Å². The van der Waals surface area contributed by atoms with Crippen LogP contribution >= 0.6 is 15.9 Å². The van der Waals surface area contributed by atoms with Gasteiger partial charge in [0.1, 0.15) is 6.10 Å². The normalized spacial score (nSPS) is 16.9. The van der Waals surface area contributed by atoms with Gasteiger partial charge in [-0.05, 0) is 35.4 Å². The molecule has 6 heteroatoms. The van der Waals surface area contributed by atoms with Crippen molar-refractivity contribution in [3.8, 4) is 0 Å². The maximum atomic E-state index is 13.2. The van der Waals surface area contributed by atoms with Crippen LogP contribution in [0.15, 0.2) is 89.4 Å². The molecule has 0 aromatic heterocycles. The Morgan fingerprint density at radius 3 is 2.31 bits per heavy atom. The van der Waals surface area contributed by atoms with Crippen molar-refractivity contribution in [2.24, 2.45) is 0 Å². The third-order valence-electron chi connectivity index (χ3n) is 5.58. The smallest absolute Gasteiger partial charge is 0.251 e. The molecule has 0 saturated carbocycles. The number of amides is 2. The van der Waals surface area contributed by atoms with Gasteiger partial charge in [0.15, 0.2) is 0 Å². The first-order valence-corrected chi connectivity index (χ1v) is 11.4. The highest BCUT2D eigenvalue weighted by Crippen LogP contribution is 2.26. The fourth-order valence-electron chi connectivity index (χ4n) is 3.83. The molecular formula is C26H25BrN2O3. The number of halogens is 1. The molecule has 5 nitrogen and oxygen atoms in total. The van der Waals surface area contributed by atoms with Crippen molar-refractivity contribution in [1.29, 1.82) is 0 Å². The van der Waals surface area contributed by atoms with E-state index in [1.807, 2.05) is 77.7 Å². The van der Waals surface area contributed by atoms with Gasteiger partial charge in [0.05, 0.1) is 25.6 Å². The molecule has 2 atom stereocenters. The van der Waals surface area contributed by atoms with Gasteiger partial charge >= 0.3 is 0 Å². The number of carbonyl (C=O) groups is 2. The van der Waals surface area contributed by atoms with Crippen molar-refractivity contribution < 1.29 is 14.3 Å². The third kappa shape index (κ3) is 5.64. The van der Waals surface area contributed by atoms with Crippen molar-refractivity contribution >= 4 is 27.7 Å². The number of nitrogens with one attached hydrogen (secondary N) is 1. The number of ether oxygens (including phenoxy) is 1. The minimum atomic E-state index is -0.412. The highest BCUT2D eigenvalue weighted by molar-refractivity contribution is 9.10. The highest BCUT2D eigenvalue weighted by atomic mass is 79.9. The first-order chi connectivity index (χ1) is 15.6. The largest absolute Gasteiger partial charge is 0.370 e. The van der Waals surface area contributed by atoms with Gasteiger partial charge < -0.3 is 15.0 Å². The monoisotopic (exact) mass is 492 g/mol. The summed E-state index contributed by atoms with van der Waals surface area (Å²) >= 11 is 3.45. The summed E-state index contributed by atoms with van der Waals surface area (Å²) in [5, 5.41) is 3.05. The maximum Gasteiger partial charge on any atom is 0.251 e. The molecule has 32 heavy (non-hydrogen) atoms. The number of rotatable bonds is 6. The SMILES string of the molecule is O=C(NC(CC(=O)N1CCOC(c2ccc(Br)cc2)C1)c1ccccc1)c1ccccc1. The predicted molar refractivity (Wildman–Crippen MR) is 127 cm³/mol. The van der Waals surface area contributed by atoms with E-state index < -0.39 is 6.04 Å². The standard InChI is InChI=1S/C26H25BrN2O3/c27-22-13-11-20(12-14-22)24-18-29(15-16-32-24)25(30)17-23(19-7-3-1-4-8-19)28-26(31)21-9-5-2-6-10-21/h1-14,23-24H,15-18H2,(H,28,31). The minimum Gasteiger partial charge on any atom is -0.370 e. The van der Waals surface area contributed by atoms with E-state index in [4.69, 9.17) is 4.74 Å². The Balaban J connectivity index is 1.47. The Morgan fingerprint density at radius 1 is 0.969 bits per heavy atom. The summed E-state index contributed by atoms with van der Waals surface area (Å²) in [6.07, 6.45) is 0.0326. The summed E-state index contributed by atoms with van der Waals surface area (Å²) in [4.78, 5) is 27.9. The Labute approximate surface area is 196 Å². The molecule has 2 unspecified atom stereocenters. The second-order valence-electron chi connectivity index (χ2n) is 7.76. The lowest BCUT2D eigenvalue weighted by atomic mass is 10.0. The van der Waals surface area contributed by atoms with E-state index in [9.17, 15) is 9.59 Å². The topological polar surface area (TPSA) is 58.6 Å². The van der Waals surface area contributed by atoms with Crippen LogP contribution in [0, 0.1) is 0 Å². The highest BCUT2D eigenvalue weighted by Gasteiger charge is 2.28. The van der Waals surface area contributed by atoms with Crippen LogP contribution in [-0.2, 0) is 9.53 Å². The van der Waals surface area contributed by atoms with Crippen LogP contribution in [0.4, 0.5) is 0 Å². The van der Waals surface area contributed by atoms with Gasteiger partial charge in [-0.1, -0.05) is 76.6 Å². The molecule has 1 aliphatic heterocycles. The van der Waals surface area contributed by atoms with Gasteiger partial charge in [0.2, 0.25) is 5.91 Å². The first-order valence-electron chi connectivity index (χ1n) is 10.7. The molecule has 2 amide bonds. The van der Waals surface area contributed by atoms with Gasteiger partial charge in [-0.2, -0.15) is 0 Å². The molecule has 4 rings (SSSR count). The van der Waals surface area contributed by atoms with Gasteiger partial charge in [0, 0.05) is 16.6 Å². The lowest BCUT2D eigenvalue weighted by molar-refractivity contribution is -0.139. The van der Waals surface area contributed by atoms with Crippen LogP contribution in [-0.4, -0.2) is 36.4 Å². The van der Waals surface area contributed by atoms with Crippen LogP contribution in [0.2, 0.25) is 0 Å². The number of nitrogens with zero attached hydrogens (tertiary/aromatic N) is 1. The summed E-state index contributed by atoms with van der Waals surface area (Å²) in [5.74, 6) is -0.195. The number of benzene rings is 3. The average Bonchev–Trinajstić information content (AvgIpc) is 2.85. The molecule has 0 radical (unpaired) electrons. The fraction of sp³-hybridized carbons (Fsp3) is 0.231. The Morgan fingerprint density at radius 2 is 1.62 bits per heavy atom. The quantitative estimate of drug-likeness (QED) is 0.531. The number of carbonyl (C=O) groups excluding carboxylic acids is 2. The van der Waals surface area contributed by atoms with E-state index in [0.717, 1.165) is 15.6 Å². The van der Waals surface area contributed by atoms with E-state index in [0.29, 0.717) is 25.3 Å². The first kappa shape index (κ1) is 22.2. The van der Waals surface area contributed by atoms with E-state index in [1.165, 1.54) is 0 Å². The average molecular weight is 493 g/mol. The molecule has 1 saturated heterocycles. The lowest BCUT2D eigenvalue weighted by Crippen LogP contribution is -2.44. The fourth-order valence-corrected chi connectivity index (χ4v) is 4.09. The maximum absolute atomic E-state index is 13.2. The van der Waals surface area contributed by atoms with Gasteiger partial charge in [-0.3, -0.25) is 9.59 Å². The molecular weight excluding hydrogens is 468 g/mol. The van der Waals surface area contributed by atoms with E-state index in [1.54, 1.807) is 12.1 Å². The van der Waals surface area contributed by atoms with Crippen molar-refractivity contribution in [2.45, 2.75) is 18.6 Å². The summed E-state index contributed by atoms with van der Waals surface area (Å²) < 4.78 is 6.92. The predicted octanol–water partition coefficient (Wildman–Crippen LogP) is 4.91. The van der Waals surface area contributed by atoms with Crippen molar-refractivity contribution in [3.05, 3.63) is 106 Å². The molecule has 3 aromatic carbocycles. The van der Waals surface area contributed by atoms with Gasteiger partial charge in [-0.15, -0.1) is 0 Å². The van der Waals surface area contributed by atoms with Crippen molar-refractivity contribution in [3.63, 3.8) is 0 Å². The molecule has 1 N–H and O–H groups in total. The van der Waals surface area contributed by atoms with E-state index in [-0.39, 0.29) is 24.3 Å². The van der Waals surface area contributed by atoms with Crippen molar-refractivity contribution in [2.75, 3.05) is 19.7 Å². The molecule has 164 valence electrons. The van der Waals surface area contributed by atoms with E-state index in [2.05, 4.69) is 21.2 Å². The molecule has 3 aromatic rings. The molecule has 0 spiro atoms. The Hall–Kier alpha value is -2.96. The van der Waals surface area contributed by atoms with Crippen LogP contribution in [0.1, 0.15) is 40.1 Å². The van der Waals surface area contributed by atoms with Gasteiger partial charge in [0.25, 0.3) is 5.91 Å². The van der Waals surface area contributed by atoms with Crippen LogP contribution in [0.25, 0.3) is 0 Å².